The largest absolute Gasteiger partial charge is 0.492 e. The molecule has 0 saturated carbocycles. The summed E-state index contributed by atoms with van der Waals surface area (Å²) < 4.78 is 71.0. The molecule has 1 heterocycles. The quantitative estimate of drug-likeness (QED) is 0.672. The highest BCUT2D eigenvalue weighted by atomic mass is 32.2. The first-order valence-electron chi connectivity index (χ1n) is 10.0. The van der Waals surface area contributed by atoms with Crippen molar-refractivity contribution in [2.75, 3.05) is 44.6 Å². The van der Waals surface area contributed by atoms with Crippen molar-refractivity contribution in [3.8, 4) is 5.75 Å². The van der Waals surface area contributed by atoms with E-state index < -0.39 is 26.7 Å². The number of piperazine rings is 1. The Hall–Kier alpha value is -2.63. The predicted octanol–water partition coefficient (Wildman–Crippen LogP) is 3.05. The molecule has 11 heteroatoms. The van der Waals surface area contributed by atoms with Crippen LogP contribution in [0.25, 0.3) is 0 Å². The van der Waals surface area contributed by atoms with Gasteiger partial charge in [0, 0.05) is 26.2 Å². The Morgan fingerprint density at radius 3 is 2.41 bits per heavy atom. The number of carbonyl (C=O) groups is 1. The standard InChI is InChI=1S/C21H24F3N3O4S/c1-2-31-19-9-4-3-8-18(19)25-20(28)15-26-10-12-27(13-11-26)32(29,30)17-7-5-6-16(14-17)21(22,23)24/h3-9,14H,2,10-13,15H2,1H3,(H,25,28). The monoisotopic (exact) mass is 471 g/mol. The van der Waals surface area contributed by atoms with E-state index in [1.165, 1.54) is 0 Å². The topological polar surface area (TPSA) is 79.0 Å². The number of carbonyl (C=O) groups excluding carboxylic acids is 1. The Morgan fingerprint density at radius 2 is 1.75 bits per heavy atom. The van der Waals surface area contributed by atoms with Gasteiger partial charge in [0.15, 0.2) is 0 Å². The molecule has 1 fully saturated rings. The van der Waals surface area contributed by atoms with Crippen LogP contribution in [0, 0.1) is 0 Å². The van der Waals surface area contributed by atoms with Crippen molar-refractivity contribution >= 4 is 21.6 Å². The lowest BCUT2D eigenvalue weighted by Crippen LogP contribution is -2.50. The van der Waals surface area contributed by atoms with Crippen LogP contribution in [0.15, 0.2) is 53.4 Å². The summed E-state index contributed by atoms with van der Waals surface area (Å²) in [4.78, 5) is 13.8. The molecule has 32 heavy (non-hydrogen) atoms. The highest BCUT2D eigenvalue weighted by Gasteiger charge is 2.34. The number of nitrogens with zero attached hydrogens (tertiary/aromatic N) is 2. The highest BCUT2D eigenvalue weighted by Crippen LogP contribution is 2.31. The molecule has 0 unspecified atom stereocenters. The molecule has 2 aromatic carbocycles. The Kier molecular flexibility index (Phi) is 7.42. The number of sulfonamides is 1. The van der Waals surface area contributed by atoms with E-state index in [9.17, 15) is 26.4 Å². The zero-order valence-corrected chi connectivity index (χ0v) is 18.2. The summed E-state index contributed by atoms with van der Waals surface area (Å²) in [7, 11) is -4.07. The Morgan fingerprint density at radius 1 is 1.06 bits per heavy atom. The van der Waals surface area contributed by atoms with Crippen molar-refractivity contribution in [3.05, 3.63) is 54.1 Å². The lowest BCUT2D eigenvalue weighted by atomic mass is 10.2. The van der Waals surface area contributed by atoms with Crippen LogP contribution in [-0.2, 0) is 21.0 Å². The van der Waals surface area contributed by atoms with Crippen molar-refractivity contribution in [2.45, 2.75) is 18.0 Å². The van der Waals surface area contributed by atoms with Crippen LogP contribution in [0.5, 0.6) is 5.75 Å². The van der Waals surface area contributed by atoms with Crippen LogP contribution in [0.4, 0.5) is 18.9 Å². The highest BCUT2D eigenvalue weighted by molar-refractivity contribution is 7.89. The van der Waals surface area contributed by atoms with Crippen molar-refractivity contribution in [1.82, 2.24) is 9.21 Å². The van der Waals surface area contributed by atoms with E-state index in [4.69, 9.17) is 4.74 Å². The number of amides is 1. The predicted molar refractivity (Wildman–Crippen MR) is 113 cm³/mol. The zero-order chi connectivity index (χ0) is 23.4. The van der Waals surface area contributed by atoms with E-state index in [1.54, 1.807) is 29.2 Å². The summed E-state index contributed by atoms with van der Waals surface area (Å²) >= 11 is 0. The summed E-state index contributed by atoms with van der Waals surface area (Å²) in [5.41, 5.74) is -0.466. The number of hydrogen-bond donors (Lipinski definition) is 1. The Bertz CT molecular complexity index is 1050. The SMILES string of the molecule is CCOc1ccccc1NC(=O)CN1CCN(S(=O)(=O)c2cccc(C(F)(F)F)c2)CC1. The minimum absolute atomic E-state index is 0.0535. The minimum Gasteiger partial charge on any atom is -0.492 e. The first kappa shape index (κ1) is 24.0. The second-order valence-electron chi connectivity index (χ2n) is 7.18. The molecule has 174 valence electrons. The van der Waals surface area contributed by atoms with E-state index >= 15 is 0 Å². The number of ether oxygens (including phenoxy) is 1. The fourth-order valence-corrected chi connectivity index (χ4v) is 4.82. The van der Waals surface area contributed by atoms with Gasteiger partial charge in [-0.2, -0.15) is 17.5 Å². The van der Waals surface area contributed by atoms with Gasteiger partial charge in [0.2, 0.25) is 15.9 Å². The van der Waals surface area contributed by atoms with Gasteiger partial charge in [-0.05, 0) is 37.3 Å². The number of rotatable bonds is 7. The van der Waals surface area contributed by atoms with E-state index in [2.05, 4.69) is 5.32 Å². The van der Waals surface area contributed by atoms with Crippen LogP contribution in [-0.4, -0.2) is 62.9 Å². The number of nitrogens with one attached hydrogen (secondary N) is 1. The first-order valence-corrected chi connectivity index (χ1v) is 11.5. The molecule has 3 rings (SSSR count). The van der Waals surface area contributed by atoms with Crippen molar-refractivity contribution in [2.24, 2.45) is 0 Å². The van der Waals surface area contributed by atoms with Crippen molar-refractivity contribution in [3.63, 3.8) is 0 Å². The molecule has 0 aliphatic carbocycles. The average Bonchev–Trinajstić information content (AvgIpc) is 2.75. The molecule has 0 bridgehead atoms. The lowest BCUT2D eigenvalue weighted by molar-refractivity contribution is -0.137. The summed E-state index contributed by atoms with van der Waals surface area (Å²) in [6.45, 7) is 3.04. The molecule has 7 nitrogen and oxygen atoms in total. The Balaban J connectivity index is 1.59. The molecular formula is C21H24F3N3O4S. The normalized spacial score (nSPS) is 16.0. The molecule has 0 aromatic heterocycles. The van der Waals surface area contributed by atoms with Crippen molar-refractivity contribution in [1.29, 1.82) is 0 Å². The third-order valence-corrected chi connectivity index (χ3v) is 6.85. The Labute approximate surface area is 184 Å². The smallest absolute Gasteiger partial charge is 0.416 e. The summed E-state index contributed by atoms with van der Waals surface area (Å²) in [5.74, 6) is 0.284. The minimum atomic E-state index is -4.63. The molecule has 1 aliphatic rings. The van der Waals surface area contributed by atoms with E-state index in [1.807, 2.05) is 6.92 Å². The third-order valence-electron chi connectivity index (χ3n) is 4.96. The molecule has 2 aromatic rings. The van der Waals surface area contributed by atoms with E-state index in [0.717, 1.165) is 22.5 Å². The van der Waals surface area contributed by atoms with Gasteiger partial charge >= 0.3 is 6.18 Å². The fourth-order valence-electron chi connectivity index (χ4n) is 3.35. The number of anilines is 1. The molecule has 1 saturated heterocycles. The van der Waals surface area contributed by atoms with Crippen LogP contribution in [0.2, 0.25) is 0 Å². The molecule has 0 atom stereocenters. The van der Waals surface area contributed by atoms with E-state index in [-0.39, 0.29) is 38.6 Å². The molecule has 0 spiro atoms. The van der Waals surface area contributed by atoms with Gasteiger partial charge in [-0.3, -0.25) is 9.69 Å². The maximum Gasteiger partial charge on any atom is 0.416 e. The van der Waals surface area contributed by atoms with E-state index in [0.29, 0.717) is 24.1 Å². The molecular weight excluding hydrogens is 447 g/mol. The van der Waals surface area contributed by atoms with Gasteiger partial charge in [-0.15, -0.1) is 0 Å². The van der Waals surface area contributed by atoms with Crippen LogP contribution in [0.3, 0.4) is 0 Å². The number of alkyl halides is 3. The van der Waals surface area contributed by atoms with Crippen LogP contribution < -0.4 is 10.1 Å². The number of hydrogen-bond acceptors (Lipinski definition) is 5. The number of para-hydroxylation sites is 2. The second kappa shape index (κ2) is 9.88. The van der Waals surface area contributed by atoms with Crippen LogP contribution in [0.1, 0.15) is 12.5 Å². The fraction of sp³-hybridized carbons (Fsp3) is 0.381. The lowest BCUT2D eigenvalue weighted by Gasteiger charge is -2.33. The first-order chi connectivity index (χ1) is 15.1. The summed E-state index contributed by atoms with van der Waals surface area (Å²) in [5, 5.41) is 2.79. The van der Waals surface area contributed by atoms with Gasteiger partial charge in [-0.1, -0.05) is 18.2 Å². The number of benzene rings is 2. The van der Waals surface area contributed by atoms with Gasteiger partial charge in [0.1, 0.15) is 5.75 Å². The molecule has 1 N–H and O–H groups in total. The number of halogens is 3. The molecule has 1 aliphatic heterocycles. The van der Waals surface area contributed by atoms with Gasteiger partial charge < -0.3 is 10.1 Å². The van der Waals surface area contributed by atoms with Crippen molar-refractivity contribution < 1.29 is 31.1 Å². The van der Waals surface area contributed by atoms with Crippen LogP contribution >= 0.6 is 0 Å². The maximum absolute atomic E-state index is 12.9. The third kappa shape index (κ3) is 5.78. The van der Waals surface area contributed by atoms with Gasteiger partial charge in [0.05, 0.1) is 29.3 Å². The summed E-state index contributed by atoms with van der Waals surface area (Å²) in [6.07, 6.45) is -4.63. The second-order valence-corrected chi connectivity index (χ2v) is 9.12. The van der Waals surface area contributed by atoms with Gasteiger partial charge in [0.25, 0.3) is 0 Å². The van der Waals surface area contributed by atoms with Gasteiger partial charge in [-0.25, -0.2) is 8.42 Å². The molecule has 1 amide bonds. The zero-order valence-electron chi connectivity index (χ0n) is 17.4. The maximum atomic E-state index is 12.9. The average molecular weight is 472 g/mol. The summed E-state index contributed by atoms with van der Waals surface area (Å²) in [6, 6.07) is 10.8. The molecule has 0 radical (unpaired) electrons.